The number of nitrogens with zero attached hydrogens (tertiary/aromatic N) is 3. The maximum absolute atomic E-state index is 12.9. The summed E-state index contributed by atoms with van der Waals surface area (Å²) in [6, 6.07) is 15.4. The Hall–Kier alpha value is -3.08. The SMILES string of the molecule is CCCCS(=O)c1sc2nc(-c3cccnc3)cc(-c3cccc(C#N)c3)c2c1N. The van der Waals surface area contributed by atoms with Gasteiger partial charge in [0.2, 0.25) is 0 Å². The smallest absolute Gasteiger partial charge is 0.127 e. The van der Waals surface area contributed by atoms with Gasteiger partial charge in [-0.05, 0) is 47.9 Å². The summed E-state index contributed by atoms with van der Waals surface area (Å²) in [6.45, 7) is 2.08. The highest BCUT2D eigenvalue weighted by atomic mass is 32.2. The minimum atomic E-state index is -1.16. The lowest BCUT2D eigenvalue weighted by Gasteiger charge is -2.09. The summed E-state index contributed by atoms with van der Waals surface area (Å²) in [6.07, 6.45) is 5.34. The fourth-order valence-corrected chi connectivity index (χ4v) is 6.08. The molecular weight excluding hydrogens is 412 g/mol. The molecular formula is C23H20N4OS2. The van der Waals surface area contributed by atoms with Crippen molar-refractivity contribution in [3.05, 3.63) is 60.4 Å². The summed E-state index contributed by atoms with van der Waals surface area (Å²) < 4.78 is 13.5. The number of nitrogen functional groups attached to an aromatic ring is 1. The predicted molar refractivity (Wildman–Crippen MR) is 124 cm³/mol. The molecule has 5 nitrogen and oxygen atoms in total. The quantitative estimate of drug-likeness (QED) is 0.441. The number of aromatic nitrogens is 2. The van der Waals surface area contributed by atoms with Crippen LogP contribution in [0.4, 0.5) is 5.69 Å². The standard InChI is InChI=1S/C23H20N4OS2/c1-2-3-10-30(28)23-21(25)20-18(16-7-4-6-15(11-16)13-24)12-19(27-22(20)29-23)17-8-5-9-26-14-17/h4-9,11-12,14H,2-3,10,25H2,1H3. The van der Waals surface area contributed by atoms with Crippen LogP contribution in [0.2, 0.25) is 0 Å². The van der Waals surface area contributed by atoms with Crippen molar-refractivity contribution in [2.24, 2.45) is 0 Å². The molecule has 0 spiro atoms. The molecule has 0 radical (unpaired) electrons. The molecule has 2 N–H and O–H groups in total. The van der Waals surface area contributed by atoms with Crippen LogP contribution in [0, 0.1) is 11.3 Å². The number of nitriles is 1. The van der Waals surface area contributed by atoms with Crippen LogP contribution in [0.15, 0.2) is 59.1 Å². The van der Waals surface area contributed by atoms with Gasteiger partial charge in [-0.1, -0.05) is 25.5 Å². The van der Waals surface area contributed by atoms with Crippen LogP contribution in [0.3, 0.4) is 0 Å². The molecule has 0 aliphatic carbocycles. The first-order valence-electron chi connectivity index (χ1n) is 9.64. The molecule has 150 valence electrons. The summed E-state index contributed by atoms with van der Waals surface area (Å²) in [7, 11) is -1.16. The van der Waals surface area contributed by atoms with Crippen LogP contribution < -0.4 is 5.73 Å². The number of nitrogens with two attached hydrogens (primary N) is 1. The zero-order valence-electron chi connectivity index (χ0n) is 16.5. The Morgan fingerprint density at radius 3 is 2.77 bits per heavy atom. The topological polar surface area (TPSA) is 92.7 Å². The number of benzene rings is 1. The average molecular weight is 433 g/mol. The zero-order valence-corrected chi connectivity index (χ0v) is 18.1. The fourth-order valence-electron chi connectivity index (χ4n) is 3.28. The largest absolute Gasteiger partial charge is 0.396 e. The molecule has 0 saturated carbocycles. The normalized spacial score (nSPS) is 12.0. The van der Waals surface area contributed by atoms with Crippen molar-refractivity contribution >= 4 is 38.0 Å². The second-order valence-electron chi connectivity index (χ2n) is 6.88. The van der Waals surface area contributed by atoms with Crippen molar-refractivity contribution in [1.82, 2.24) is 9.97 Å². The van der Waals surface area contributed by atoms with Crippen molar-refractivity contribution in [3.63, 3.8) is 0 Å². The molecule has 1 unspecified atom stereocenters. The Labute approximate surface area is 181 Å². The van der Waals surface area contributed by atoms with E-state index in [1.54, 1.807) is 18.5 Å². The van der Waals surface area contributed by atoms with Crippen LogP contribution in [0.5, 0.6) is 0 Å². The second-order valence-corrected chi connectivity index (χ2v) is 9.64. The Kier molecular flexibility index (Phi) is 5.88. The number of hydrogen-bond acceptors (Lipinski definition) is 6. The molecule has 0 amide bonds. The fraction of sp³-hybridized carbons (Fsp3) is 0.174. The molecule has 0 aliphatic heterocycles. The summed E-state index contributed by atoms with van der Waals surface area (Å²) >= 11 is 1.39. The number of fused-ring (bicyclic) bond motifs is 1. The van der Waals surface area contributed by atoms with Crippen molar-refractivity contribution in [2.75, 3.05) is 11.5 Å². The highest BCUT2D eigenvalue weighted by Gasteiger charge is 2.21. The van der Waals surface area contributed by atoms with Crippen LogP contribution >= 0.6 is 11.3 Å². The molecule has 4 rings (SSSR count). The molecule has 30 heavy (non-hydrogen) atoms. The van der Waals surface area contributed by atoms with Crippen molar-refractivity contribution in [2.45, 2.75) is 24.0 Å². The highest BCUT2D eigenvalue weighted by molar-refractivity contribution is 7.87. The van der Waals surface area contributed by atoms with E-state index in [-0.39, 0.29) is 0 Å². The van der Waals surface area contributed by atoms with E-state index in [0.29, 0.717) is 21.2 Å². The molecule has 1 atom stereocenters. The van der Waals surface area contributed by atoms with E-state index in [4.69, 9.17) is 10.7 Å². The number of unbranched alkanes of at least 4 members (excludes halogenated alkanes) is 1. The van der Waals surface area contributed by atoms with Gasteiger partial charge in [0.1, 0.15) is 9.04 Å². The third kappa shape index (κ3) is 3.84. The first kappa shape index (κ1) is 20.2. The van der Waals surface area contributed by atoms with Gasteiger partial charge in [-0.25, -0.2) is 4.98 Å². The Bertz CT molecular complexity index is 1280. The summed E-state index contributed by atoms with van der Waals surface area (Å²) in [5, 5.41) is 10.1. The van der Waals surface area contributed by atoms with Crippen molar-refractivity contribution in [1.29, 1.82) is 5.26 Å². The van der Waals surface area contributed by atoms with Crippen LogP contribution in [0.25, 0.3) is 32.6 Å². The molecule has 4 aromatic rings. The predicted octanol–water partition coefficient (Wildman–Crippen LogP) is 5.39. The Morgan fingerprint density at radius 1 is 1.20 bits per heavy atom. The maximum Gasteiger partial charge on any atom is 0.127 e. The highest BCUT2D eigenvalue weighted by Crippen LogP contribution is 2.42. The number of anilines is 1. The summed E-state index contributed by atoms with van der Waals surface area (Å²) in [5.41, 5.74) is 11.0. The molecule has 0 bridgehead atoms. The number of thiophene rings is 1. The average Bonchev–Trinajstić information content (AvgIpc) is 3.14. The molecule has 7 heteroatoms. The van der Waals surface area contributed by atoms with E-state index in [0.717, 1.165) is 45.4 Å². The molecule has 0 fully saturated rings. The number of hydrogen-bond donors (Lipinski definition) is 1. The molecule has 1 aromatic carbocycles. The Balaban J connectivity index is 1.98. The number of pyridine rings is 2. The molecule has 0 saturated heterocycles. The van der Waals surface area contributed by atoms with Gasteiger partial charge in [-0.15, -0.1) is 11.3 Å². The van der Waals surface area contributed by atoms with Gasteiger partial charge in [0, 0.05) is 29.1 Å². The van der Waals surface area contributed by atoms with Crippen molar-refractivity contribution < 1.29 is 4.21 Å². The third-order valence-corrected chi connectivity index (χ3v) is 7.81. The summed E-state index contributed by atoms with van der Waals surface area (Å²) in [5.74, 6) is 0.586. The monoisotopic (exact) mass is 432 g/mol. The lowest BCUT2D eigenvalue weighted by atomic mass is 9.99. The lowest BCUT2D eigenvalue weighted by Crippen LogP contribution is -1.99. The van der Waals surface area contributed by atoms with Crippen molar-refractivity contribution in [3.8, 4) is 28.5 Å². The van der Waals surface area contributed by atoms with Gasteiger partial charge in [0.05, 0.1) is 33.8 Å². The van der Waals surface area contributed by atoms with Gasteiger partial charge in [-0.2, -0.15) is 5.26 Å². The number of rotatable bonds is 6. The van der Waals surface area contributed by atoms with E-state index in [9.17, 15) is 9.47 Å². The first-order valence-corrected chi connectivity index (χ1v) is 11.8. The van der Waals surface area contributed by atoms with E-state index in [1.165, 1.54) is 11.3 Å². The third-order valence-electron chi connectivity index (χ3n) is 4.81. The molecule has 0 aliphatic rings. The Morgan fingerprint density at radius 2 is 2.03 bits per heavy atom. The van der Waals surface area contributed by atoms with E-state index >= 15 is 0 Å². The van der Waals surface area contributed by atoms with E-state index < -0.39 is 10.8 Å². The van der Waals surface area contributed by atoms with E-state index in [1.807, 2.05) is 36.4 Å². The van der Waals surface area contributed by atoms with Gasteiger partial charge in [0.15, 0.2) is 0 Å². The van der Waals surface area contributed by atoms with Gasteiger partial charge < -0.3 is 5.73 Å². The second kappa shape index (κ2) is 8.74. The van der Waals surface area contributed by atoms with Crippen LogP contribution in [0.1, 0.15) is 25.3 Å². The molecule has 3 aromatic heterocycles. The van der Waals surface area contributed by atoms with Gasteiger partial charge in [0.25, 0.3) is 0 Å². The van der Waals surface area contributed by atoms with Crippen LogP contribution in [-0.4, -0.2) is 19.9 Å². The minimum Gasteiger partial charge on any atom is -0.396 e. The zero-order chi connectivity index (χ0) is 21.1. The van der Waals surface area contributed by atoms with Gasteiger partial charge >= 0.3 is 0 Å². The van der Waals surface area contributed by atoms with E-state index in [2.05, 4.69) is 18.0 Å². The molecule has 3 heterocycles. The van der Waals surface area contributed by atoms with Gasteiger partial charge in [-0.3, -0.25) is 9.19 Å². The summed E-state index contributed by atoms with van der Waals surface area (Å²) in [4.78, 5) is 9.76. The first-order chi connectivity index (χ1) is 14.6. The minimum absolute atomic E-state index is 0.520. The van der Waals surface area contributed by atoms with Crippen LogP contribution in [-0.2, 0) is 10.8 Å². The lowest BCUT2D eigenvalue weighted by molar-refractivity contribution is 0.681. The maximum atomic E-state index is 12.9.